The van der Waals surface area contributed by atoms with Gasteiger partial charge in [0.05, 0.1) is 16.0 Å². The molecule has 3 aromatic heterocycles. The summed E-state index contributed by atoms with van der Waals surface area (Å²) >= 11 is 9.89. The molecule has 0 aromatic carbocycles. The van der Waals surface area contributed by atoms with Crippen LogP contribution in [0, 0.1) is 11.8 Å². The molecule has 0 saturated heterocycles. The van der Waals surface area contributed by atoms with Crippen molar-refractivity contribution in [2.24, 2.45) is 5.73 Å². The largest absolute Gasteiger partial charge is 0.483 e. The number of hydrogen-bond donors (Lipinski definition) is 3. The van der Waals surface area contributed by atoms with Gasteiger partial charge in [-0.15, -0.1) is 28.6 Å². The molecule has 2 atom stereocenters. The number of pyridine rings is 1. The Labute approximate surface area is 189 Å². The molecule has 0 unspecified atom stereocenters. The molecule has 5 nitrogen and oxygen atoms in total. The van der Waals surface area contributed by atoms with Crippen LogP contribution >= 0.6 is 34.3 Å². The van der Waals surface area contributed by atoms with Crippen molar-refractivity contribution in [3.8, 4) is 11.8 Å². The van der Waals surface area contributed by atoms with E-state index < -0.39 is 0 Å². The molecule has 1 aliphatic rings. The zero-order valence-corrected chi connectivity index (χ0v) is 19.0. The van der Waals surface area contributed by atoms with Crippen LogP contribution in [-0.2, 0) is 11.3 Å². The number of thiophene rings is 2. The first-order valence-corrected chi connectivity index (χ1v) is 11.8. The highest BCUT2D eigenvalue weighted by Gasteiger charge is 2.29. The number of rotatable bonds is 4. The maximum Gasteiger partial charge on any atom is 0.290 e. The van der Waals surface area contributed by atoms with Crippen LogP contribution in [-0.4, -0.2) is 22.6 Å². The molecule has 0 bridgehead atoms. The summed E-state index contributed by atoms with van der Waals surface area (Å²) in [6, 6.07) is 6.32. The van der Waals surface area contributed by atoms with Gasteiger partial charge in [-0.05, 0) is 31.2 Å². The van der Waals surface area contributed by atoms with E-state index in [0.717, 1.165) is 40.9 Å². The lowest BCUT2D eigenvalue weighted by Crippen LogP contribution is -2.31. The monoisotopic (exact) mass is 461 g/mol. The molecule has 1 aliphatic carbocycles. The number of anilines is 1. The molecule has 1 saturated carbocycles. The predicted octanol–water partition coefficient (Wildman–Crippen LogP) is 5.68. The van der Waals surface area contributed by atoms with Gasteiger partial charge >= 0.3 is 0 Å². The number of carbonyl (C=O) groups is 1. The smallest absolute Gasteiger partial charge is 0.290 e. The maximum absolute atomic E-state index is 8.36. The molecule has 1 fully saturated rings. The first kappa shape index (κ1) is 22.6. The fourth-order valence-corrected chi connectivity index (χ4v) is 6.01. The van der Waals surface area contributed by atoms with Gasteiger partial charge in [-0.2, -0.15) is 0 Å². The lowest BCUT2D eigenvalue weighted by Gasteiger charge is -2.28. The van der Waals surface area contributed by atoms with E-state index in [4.69, 9.17) is 27.2 Å². The second kappa shape index (κ2) is 10.8. The first-order valence-electron chi connectivity index (χ1n) is 9.74. The van der Waals surface area contributed by atoms with Crippen molar-refractivity contribution in [2.45, 2.75) is 51.1 Å². The number of carboxylic acid groups (broad SMARTS) is 1. The second-order valence-corrected chi connectivity index (χ2v) is 9.45. The van der Waals surface area contributed by atoms with Gasteiger partial charge < -0.3 is 16.2 Å². The van der Waals surface area contributed by atoms with E-state index in [1.54, 1.807) is 22.7 Å². The molecular weight excluding hydrogens is 438 g/mol. The Bertz CT molecular complexity index is 1050. The van der Waals surface area contributed by atoms with E-state index in [9.17, 15) is 0 Å². The lowest BCUT2D eigenvalue weighted by atomic mass is 9.83. The highest BCUT2D eigenvalue weighted by Crippen LogP contribution is 2.44. The summed E-state index contributed by atoms with van der Waals surface area (Å²) < 4.78 is 1.13. The number of nitrogens with one attached hydrogen (secondary N) is 1. The van der Waals surface area contributed by atoms with Crippen molar-refractivity contribution in [3.63, 3.8) is 0 Å². The standard InChI is InChI=1S/C21H22ClN3S2.CH2O2/c1-2-6-15-19-21(27-20(15)14-8-3-4-9-16(14)23)17(11-18(22)25-19)24-12-13-7-5-10-26-13;2-1-3/h5,7,10-11,14,16H,3-4,8-9,12,23H2,1H3,(H,24,25);1H,(H,2,3)/t14-,16-;/m1./s1. The number of aromatic nitrogens is 1. The molecule has 4 rings (SSSR count). The number of nitrogens with two attached hydrogens (primary N) is 1. The zero-order chi connectivity index (χ0) is 21.5. The highest BCUT2D eigenvalue weighted by molar-refractivity contribution is 7.20. The number of fused-ring (bicyclic) bond motifs is 1. The third-order valence-electron chi connectivity index (χ3n) is 5.08. The summed E-state index contributed by atoms with van der Waals surface area (Å²) in [7, 11) is 0. The van der Waals surface area contributed by atoms with Gasteiger partial charge in [-0.3, -0.25) is 4.79 Å². The van der Waals surface area contributed by atoms with Crippen LogP contribution in [0.5, 0.6) is 0 Å². The van der Waals surface area contributed by atoms with Crippen LogP contribution < -0.4 is 11.1 Å². The molecule has 3 aromatic rings. The van der Waals surface area contributed by atoms with E-state index in [-0.39, 0.29) is 12.5 Å². The molecular formula is C22H24ClN3O2S2. The maximum atomic E-state index is 8.36. The molecule has 4 N–H and O–H groups in total. The molecule has 0 radical (unpaired) electrons. The van der Waals surface area contributed by atoms with Crippen molar-refractivity contribution in [3.05, 3.63) is 44.1 Å². The van der Waals surface area contributed by atoms with Crippen LogP contribution in [0.2, 0.25) is 5.15 Å². The molecule has 158 valence electrons. The Morgan fingerprint density at radius 1 is 1.43 bits per heavy atom. The average Bonchev–Trinajstić information content (AvgIpc) is 3.36. The summed E-state index contributed by atoms with van der Waals surface area (Å²) in [5.41, 5.74) is 9.43. The minimum Gasteiger partial charge on any atom is -0.483 e. The van der Waals surface area contributed by atoms with Crippen LogP contribution in [0.4, 0.5) is 5.69 Å². The van der Waals surface area contributed by atoms with Crippen LogP contribution in [0.15, 0.2) is 23.6 Å². The molecule has 0 aliphatic heterocycles. The Morgan fingerprint density at radius 2 is 2.20 bits per heavy atom. The third kappa shape index (κ3) is 5.13. The SMILES string of the molecule is CC#Cc1c([C@@H]2CCCC[C@H]2N)sc2c(NCc3cccs3)cc(Cl)nc12.O=CO. The van der Waals surface area contributed by atoms with Crippen molar-refractivity contribution >= 4 is 56.7 Å². The van der Waals surface area contributed by atoms with E-state index >= 15 is 0 Å². The van der Waals surface area contributed by atoms with Crippen molar-refractivity contribution in [2.75, 3.05) is 5.32 Å². The van der Waals surface area contributed by atoms with Gasteiger partial charge in [0.15, 0.2) is 0 Å². The van der Waals surface area contributed by atoms with Gasteiger partial charge in [0.1, 0.15) is 10.7 Å². The molecule has 0 amide bonds. The minimum atomic E-state index is -0.250. The minimum absolute atomic E-state index is 0.196. The van der Waals surface area contributed by atoms with Crippen molar-refractivity contribution in [1.29, 1.82) is 0 Å². The highest BCUT2D eigenvalue weighted by atomic mass is 35.5. The van der Waals surface area contributed by atoms with Crippen molar-refractivity contribution in [1.82, 2.24) is 4.98 Å². The van der Waals surface area contributed by atoms with Crippen molar-refractivity contribution < 1.29 is 9.90 Å². The molecule has 30 heavy (non-hydrogen) atoms. The van der Waals surface area contributed by atoms with Gasteiger partial charge in [0, 0.05) is 34.3 Å². The fraction of sp³-hybridized carbons (Fsp3) is 0.364. The van der Waals surface area contributed by atoms with Gasteiger partial charge in [-0.1, -0.05) is 36.4 Å². The van der Waals surface area contributed by atoms with E-state index in [0.29, 0.717) is 11.1 Å². The Balaban J connectivity index is 0.000000806. The first-order chi connectivity index (χ1) is 14.6. The number of hydrogen-bond acceptors (Lipinski definition) is 6. The summed E-state index contributed by atoms with van der Waals surface area (Å²) in [4.78, 5) is 15.6. The summed E-state index contributed by atoms with van der Waals surface area (Å²) in [6.07, 6.45) is 4.64. The number of halogens is 1. The van der Waals surface area contributed by atoms with Crippen LogP contribution in [0.1, 0.15) is 53.8 Å². The second-order valence-electron chi connectivity index (χ2n) is 6.98. The topological polar surface area (TPSA) is 88.2 Å². The summed E-state index contributed by atoms with van der Waals surface area (Å²) in [5.74, 6) is 6.72. The Hall–Kier alpha value is -2.11. The summed E-state index contributed by atoms with van der Waals surface area (Å²) in [5, 5.41) is 13.0. The normalized spacial score (nSPS) is 18.1. The number of nitrogens with zero attached hydrogens (tertiary/aromatic N) is 1. The van der Waals surface area contributed by atoms with Gasteiger partial charge in [0.25, 0.3) is 6.47 Å². The molecule has 0 spiro atoms. The molecule has 3 heterocycles. The summed E-state index contributed by atoms with van der Waals surface area (Å²) in [6.45, 7) is 2.40. The van der Waals surface area contributed by atoms with E-state index in [2.05, 4.69) is 39.7 Å². The Morgan fingerprint density at radius 3 is 2.87 bits per heavy atom. The van der Waals surface area contributed by atoms with Crippen LogP contribution in [0.3, 0.4) is 0 Å². The predicted molar refractivity (Wildman–Crippen MR) is 127 cm³/mol. The Kier molecular flexibility index (Phi) is 8.11. The zero-order valence-electron chi connectivity index (χ0n) is 16.7. The van der Waals surface area contributed by atoms with Gasteiger partial charge in [-0.25, -0.2) is 4.98 Å². The average molecular weight is 462 g/mol. The van der Waals surface area contributed by atoms with Crippen LogP contribution in [0.25, 0.3) is 10.2 Å². The fourth-order valence-electron chi connectivity index (χ4n) is 3.77. The lowest BCUT2D eigenvalue weighted by molar-refractivity contribution is -0.122. The van der Waals surface area contributed by atoms with Gasteiger partial charge in [0.2, 0.25) is 0 Å². The van der Waals surface area contributed by atoms with E-state index in [1.165, 1.54) is 22.6 Å². The molecule has 8 heteroatoms. The quantitative estimate of drug-likeness (QED) is 0.264. The third-order valence-corrected chi connectivity index (χ3v) is 7.49. The van der Waals surface area contributed by atoms with E-state index in [1.807, 2.05) is 13.0 Å².